The van der Waals surface area contributed by atoms with Gasteiger partial charge in [-0.2, -0.15) is 10.2 Å². The van der Waals surface area contributed by atoms with E-state index in [1.165, 1.54) is 10.5 Å². The van der Waals surface area contributed by atoms with E-state index in [2.05, 4.69) is 10.3 Å². The number of nitrogens with one attached hydrogen (secondary N) is 1. The summed E-state index contributed by atoms with van der Waals surface area (Å²) in [5.74, 6) is 0.446. The van der Waals surface area contributed by atoms with Crippen LogP contribution in [0.15, 0.2) is 53.0 Å². The lowest BCUT2D eigenvalue weighted by molar-refractivity contribution is -0.117. The fourth-order valence-corrected chi connectivity index (χ4v) is 3.23. The SMILES string of the molecule is COc1ccc(Oc2nc3c(C)cccn3c(=O)c2/C=C(\C#N)C(=O)NCCCOC(C)C)cc1. The van der Waals surface area contributed by atoms with E-state index in [-0.39, 0.29) is 23.1 Å². The average molecular weight is 477 g/mol. The van der Waals surface area contributed by atoms with Crippen molar-refractivity contribution in [3.05, 3.63) is 69.6 Å². The normalized spacial score (nSPS) is 11.4. The number of ether oxygens (including phenoxy) is 3. The Kier molecular flexibility index (Phi) is 8.59. The number of nitrogens with zero attached hydrogens (tertiary/aromatic N) is 3. The Bertz CT molecular complexity index is 1320. The molecule has 0 bridgehead atoms. The third-order valence-electron chi connectivity index (χ3n) is 5.03. The quantitative estimate of drug-likeness (QED) is 0.270. The Morgan fingerprint density at radius 2 is 1.94 bits per heavy atom. The number of aromatic nitrogens is 2. The summed E-state index contributed by atoms with van der Waals surface area (Å²) in [5, 5.41) is 12.3. The van der Waals surface area contributed by atoms with Crippen LogP contribution in [0.3, 0.4) is 0 Å². The molecule has 9 heteroatoms. The molecule has 0 unspecified atom stereocenters. The van der Waals surface area contributed by atoms with E-state index in [1.54, 1.807) is 43.6 Å². The third-order valence-corrected chi connectivity index (χ3v) is 5.03. The summed E-state index contributed by atoms with van der Waals surface area (Å²) >= 11 is 0. The van der Waals surface area contributed by atoms with Gasteiger partial charge >= 0.3 is 0 Å². The van der Waals surface area contributed by atoms with E-state index < -0.39 is 11.5 Å². The van der Waals surface area contributed by atoms with Crippen molar-refractivity contribution < 1.29 is 19.0 Å². The van der Waals surface area contributed by atoms with Crippen molar-refractivity contribution in [2.24, 2.45) is 0 Å². The number of carbonyl (C=O) groups excluding carboxylic acids is 1. The van der Waals surface area contributed by atoms with Gasteiger partial charge in [0.05, 0.1) is 13.2 Å². The molecule has 0 radical (unpaired) electrons. The molecule has 3 aromatic rings. The number of hydrogen-bond acceptors (Lipinski definition) is 7. The van der Waals surface area contributed by atoms with Crippen LogP contribution in [-0.2, 0) is 9.53 Å². The van der Waals surface area contributed by atoms with Gasteiger partial charge in [0.1, 0.15) is 34.4 Å². The maximum atomic E-state index is 13.3. The molecular weight excluding hydrogens is 448 g/mol. The monoisotopic (exact) mass is 476 g/mol. The summed E-state index contributed by atoms with van der Waals surface area (Å²) < 4.78 is 17.9. The first-order valence-corrected chi connectivity index (χ1v) is 11.2. The molecule has 35 heavy (non-hydrogen) atoms. The number of carbonyl (C=O) groups is 1. The predicted octanol–water partition coefficient (Wildman–Crippen LogP) is 3.64. The summed E-state index contributed by atoms with van der Waals surface area (Å²) in [6.45, 7) is 6.49. The molecule has 0 saturated heterocycles. The zero-order valence-corrected chi connectivity index (χ0v) is 20.2. The fourth-order valence-electron chi connectivity index (χ4n) is 3.23. The molecule has 0 fully saturated rings. The van der Waals surface area contributed by atoms with Gasteiger partial charge in [0, 0.05) is 19.3 Å². The Balaban J connectivity index is 1.97. The summed E-state index contributed by atoms with van der Waals surface area (Å²) in [4.78, 5) is 30.5. The van der Waals surface area contributed by atoms with Gasteiger partial charge in [-0.05, 0) is 69.2 Å². The molecule has 182 valence electrons. The van der Waals surface area contributed by atoms with Gasteiger partial charge < -0.3 is 19.5 Å². The molecule has 9 nitrogen and oxygen atoms in total. The average Bonchev–Trinajstić information content (AvgIpc) is 2.84. The van der Waals surface area contributed by atoms with Gasteiger partial charge in [-0.25, -0.2) is 0 Å². The number of rotatable bonds is 10. The molecule has 2 aromatic heterocycles. The van der Waals surface area contributed by atoms with Gasteiger partial charge in [0.15, 0.2) is 0 Å². The summed E-state index contributed by atoms with van der Waals surface area (Å²) in [7, 11) is 1.55. The van der Waals surface area contributed by atoms with E-state index in [4.69, 9.17) is 14.2 Å². The second kappa shape index (κ2) is 11.8. The van der Waals surface area contributed by atoms with Crippen molar-refractivity contribution >= 4 is 17.6 Å². The van der Waals surface area contributed by atoms with Crippen LogP contribution in [0.4, 0.5) is 0 Å². The number of benzene rings is 1. The maximum Gasteiger partial charge on any atom is 0.269 e. The Hall–Kier alpha value is -4.16. The van der Waals surface area contributed by atoms with Crippen LogP contribution in [0.1, 0.15) is 31.4 Å². The van der Waals surface area contributed by atoms with Crippen molar-refractivity contribution in [2.75, 3.05) is 20.3 Å². The molecule has 1 amide bonds. The summed E-state index contributed by atoms with van der Waals surface area (Å²) in [5.41, 5.74) is 0.459. The van der Waals surface area contributed by atoms with E-state index >= 15 is 0 Å². The van der Waals surface area contributed by atoms with E-state index in [1.807, 2.05) is 32.9 Å². The second-order valence-corrected chi connectivity index (χ2v) is 8.00. The maximum absolute atomic E-state index is 13.3. The van der Waals surface area contributed by atoms with Gasteiger partial charge in [-0.1, -0.05) is 6.07 Å². The van der Waals surface area contributed by atoms with Crippen LogP contribution in [-0.4, -0.2) is 41.7 Å². The first kappa shape index (κ1) is 25.5. The first-order chi connectivity index (χ1) is 16.8. The molecule has 0 saturated carbocycles. The minimum absolute atomic E-state index is 0.0136. The largest absolute Gasteiger partial charge is 0.497 e. The van der Waals surface area contributed by atoms with Crippen LogP contribution in [0.5, 0.6) is 17.4 Å². The van der Waals surface area contributed by atoms with Crippen LogP contribution >= 0.6 is 0 Å². The third kappa shape index (κ3) is 6.46. The Morgan fingerprint density at radius 1 is 1.23 bits per heavy atom. The lowest BCUT2D eigenvalue weighted by Crippen LogP contribution is -2.27. The van der Waals surface area contributed by atoms with Crippen molar-refractivity contribution in [1.82, 2.24) is 14.7 Å². The highest BCUT2D eigenvalue weighted by atomic mass is 16.5. The molecule has 1 aromatic carbocycles. The van der Waals surface area contributed by atoms with E-state index in [9.17, 15) is 14.9 Å². The van der Waals surface area contributed by atoms with Gasteiger partial charge in [0.2, 0.25) is 5.88 Å². The van der Waals surface area contributed by atoms with Crippen molar-refractivity contribution in [1.29, 1.82) is 5.26 Å². The number of pyridine rings is 1. The van der Waals surface area contributed by atoms with Gasteiger partial charge in [0.25, 0.3) is 11.5 Å². The predicted molar refractivity (Wildman–Crippen MR) is 132 cm³/mol. The molecule has 0 atom stereocenters. The lowest BCUT2D eigenvalue weighted by Gasteiger charge is -2.12. The standard InChI is InChI=1S/C26H28N4O5/c1-17(2)34-14-6-12-28-24(31)19(16-27)15-22-25(35-21-10-8-20(33-4)9-11-21)29-23-18(3)7-5-13-30(23)26(22)32/h5,7-11,13,15,17H,6,12,14H2,1-4H3,(H,28,31)/b19-15+. The molecule has 0 aliphatic rings. The molecule has 0 aliphatic carbocycles. The Morgan fingerprint density at radius 3 is 2.60 bits per heavy atom. The summed E-state index contributed by atoms with van der Waals surface area (Å²) in [6, 6.07) is 12.2. The molecule has 1 N–H and O–H groups in total. The lowest BCUT2D eigenvalue weighted by atomic mass is 10.1. The van der Waals surface area contributed by atoms with Crippen molar-refractivity contribution in [3.8, 4) is 23.4 Å². The molecule has 0 aliphatic heterocycles. The smallest absolute Gasteiger partial charge is 0.269 e. The van der Waals surface area contributed by atoms with Crippen molar-refractivity contribution in [3.63, 3.8) is 0 Å². The van der Waals surface area contributed by atoms with Crippen LogP contribution in [0.2, 0.25) is 0 Å². The van der Waals surface area contributed by atoms with Crippen LogP contribution in [0, 0.1) is 18.3 Å². The van der Waals surface area contributed by atoms with Crippen LogP contribution < -0.4 is 20.3 Å². The highest BCUT2D eigenvalue weighted by Crippen LogP contribution is 2.26. The first-order valence-electron chi connectivity index (χ1n) is 11.2. The molecular formula is C26H28N4O5. The zero-order chi connectivity index (χ0) is 25.4. The molecule has 3 rings (SSSR count). The number of methoxy groups -OCH3 is 1. The fraction of sp³-hybridized carbons (Fsp3) is 0.308. The van der Waals surface area contributed by atoms with E-state index in [0.717, 1.165) is 5.56 Å². The van der Waals surface area contributed by atoms with Crippen molar-refractivity contribution in [2.45, 2.75) is 33.3 Å². The van der Waals surface area contributed by atoms with Crippen LogP contribution in [0.25, 0.3) is 11.7 Å². The molecule has 0 spiro atoms. The van der Waals surface area contributed by atoms with Gasteiger partial charge in [-0.3, -0.25) is 14.0 Å². The molecule has 2 heterocycles. The second-order valence-electron chi connectivity index (χ2n) is 8.00. The Labute approximate surface area is 203 Å². The number of aryl methyl sites for hydroxylation is 1. The van der Waals surface area contributed by atoms with E-state index in [0.29, 0.717) is 36.7 Å². The number of hydrogen-bond donors (Lipinski definition) is 1. The number of fused-ring (bicyclic) bond motifs is 1. The minimum atomic E-state index is -0.596. The summed E-state index contributed by atoms with van der Waals surface area (Å²) in [6.07, 6.45) is 3.48. The zero-order valence-electron chi connectivity index (χ0n) is 20.2. The highest BCUT2D eigenvalue weighted by molar-refractivity contribution is 6.01. The topological polar surface area (TPSA) is 115 Å². The number of nitriles is 1. The number of amides is 1. The van der Waals surface area contributed by atoms with Gasteiger partial charge in [-0.15, -0.1) is 0 Å². The minimum Gasteiger partial charge on any atom is -0.497 e. The highest BCUT2D eigenvalue weighted by Gasteiger charge is 2.18.